The SMILES string of the molecule is CCN(CC)C(CN)c1ccc(Cl)s1. The second kappa shape index (κ2) is 5.71. The molecule has 2 N–H and O–H groups in total. The van der Waals surface area contributed by atoms with Crippen molar-refractivity contribution in [3.05, 3.63) is 21.3 Å². The quantitative estimate of drug-likeness (QED) is 0.846. The Bertz CT molecular complexity index is 271. The lowest BCUT2D eigenvalue weighted by atomic mass is 10.2. The summed E-state index contributed by atoms with van der Waals surface area (Å²) in [7, 11) is 0. The van der Waals surface area contributed by atoms with Gasteiger partial charge < -0.3 is 5.73 Å². The number of hydrogen-bond donors (Lipinski definition) is 1. The van der Waals surface area contributed by atoms with Crippen molar-refractivity contribution in [3.63, 3.8) is 0 Å². The van der Waals surface area contributed by atoms with E-state index in [4.69, 9.17) is 17.3 Å². The molecule has 1 unspecified atom stereocenters. The molecule has 1 rings (SSSR count). The van der Waals surface area contributed by atoms with E-state index in [1.807, 2.05) is 6.07 Å². The van der Waals surface area contributed by atoms with Crippen LogP contribution < -0.4 is 5.73 Å². The van der Waals surface area contributed by atoms with E-state index in [1.165, 1.54) is 4.88 Å². The maximum absolute atomic E-state index is 5.91. The van der Waals surface area contributed by atoms with E-state index in [0.717, 1.165) is 17.4 Å². The highest BCUT2D eigenvalue weighted by molar-refractivity contribution is 7.16. The second-order valence-corrected chi connectivity index (χ2v) is 4.86. The highest BCUT2D eigenvalue weighted by Crippen LogP contribution is 2.29. The summed E-state index contributed by atoms with van der Waals surface area (Å²) in [4.78, 5) is 3.61. The van der Waals surface area contributed by atoms with Crippen LogP contribution in [0.25, 0.3) is 0 Å². The van der Waals surface area contributed by atoms with Gasteiger partial charge in [0.1, 0.15) is 0 Å². The van der Waals surface area contributed by atoms with Crippen LogP contribution in [0, 0.1) is 0 Å². The van der Waals surface area contributed by atoms with Crippen LogP contribution in [-0.4, -0.2) is 24.5 Å². The molecular weight excluding hydrogens is 216 g/mol. The van der Waals surface area contributed by atoms with E-state index in [9.17, 15) is 0 Å². The van der Waals surface area contributed by atoms with Crippen molar-refractivity contribution in [3.8, 4) is 0 Å². The van der Waals surface area contributed by atoms with Crippen LogP contribution in [0.4, 0.5) is 0 Å². The van der Waals surface area contributed by atoms with Crippen LogP contribution in [0.5, 0.6) is 0 Å². The first-order valence-electron chi connectivity index (χ1n) is 4.92. The van der Waals surface area contributed by atoms with Crippen LogP contribution in [0.1, 0.15) is 24.8 Å². The maximum Gasteiger partial charge on any atom is 0.0931 e. The Hall–Kier alpha value is -0.0900. The topological polar surface area (TPSA) is 29.3 Å². The summed E-state index contributed by atoms with van der Waals surface area (Å²) in [6.45, 7) is 7.00. The van der Waals surface area contributed by atoms with E-state index in [1.54, 1.807) is 11.3 Å². The molecule has 0 radical (unpaired) electrons. The van der Waals surface area contributed by atoms with Crippen LogP contribution in [0.15, 0.2) is 12.1 Å². The molecule has 14 heavy (non-hydrogen) atoms. The molecule has 80 valence electrons. The minimum Gasteiger partial charge on any atom is -0.329 e. The number of likely N-dealkylation sites (N-methyl/N-ethyl adjacent to an activating group) is 1. The zero-order chi connectivity index (χ0) is 10.6. The Morgan fingerprint density at radius 2 is 2.07 bits per heavy atom. The summed E-state index contributed by atoms with van der Waals surface area (Å²) < 4.78 is 0.839. The minimum absolute atomic E-state index is 0.322. The first-order chi connectivity index (χ1) is 6.72. The molecule has 1 heterocycles. The summed E-state index contributed by atoms with van der Waals surface area (Å²) in [5.74, 6) is 0. The Labute approximate surface area is 94.7 Å². The Morgan fingerprint density at radius 1 is 1.43 bits per heavy atom. The molecule has 1 aromatic rings. The molecule has 0 amide bonds. The number of rotatable bonds is 5. The van der Waals surface area contributed by atoms with E-state index in [0.29, 0.717) is 12.6 Å². The minimum atomic E-state index is 0.322. The average molecular weight is 233 g/mol. The predicted molar refractivity (Wildman–Crippen MR) is 64.0 cm³/mol. The lowest BCUT2D eigenvalue weighted by molar-refractivity contribution is 0.227. The Kier molecular flexibility index (Phi) is 4.89. The normalized spacial score (nSPS) is 13.5. The summed E-state index contributed by atoms with van der Waals surface area (Å²) in [5.41, 5.74) is 5.79. The van der Waals surface area contributed by atoms with Crippen molar-refractivity contribution in [2.24, 2.45) is 5.73 Å². The third-order valence-electron chi connectivity index (χ3n) is 2.40. The molecule has 0 aliphatic rings. The fraction of sp³-hybridized carbons (Fsp3) is 0.600. The van der Waals surface area contributed by atoms with Gasteiger partial charge in [0.25, 0.3) is 0 Å². The van der Waals surface area contributed by atoms with Gasteiger partial charge in [0, 0.05) is 11.4 Å². The van der Waals surface area contributed by atoms with Crippen molar-refractivity contribution >= 4 is 22.9 Å². The molecule has 0 bridgehead atoms. The molecule has 0 aromatic carbocycles. The molecule has 1 aromatic heterocycles. The second-order valence-electron chi connectivity index (χ2n) is 3.11. The number of thiophene rings is 1. The molecule has 0 spiro atoms. The Morgan fingerprint density at radius 3 is 2.43 bits per heavy atom. The van der Waals surface area contributed by atoms with Gasteiger partial charge in [0.2, 0.25) is 0 Å². The van der Waals surface area contributed by atoms with Gasteiger partial charge in [0.15, 0.2) is 0 Å². The van der Waals surface area contributed by atoms with Gasteiger partial charge in [-0.15, -0.1) is 11.3 Å². The van der Waals surface area contributed by atoms with Crippen LogP contribution in [-0.2, 0) is 0 Å². The molecule has 0 aliphatic heterocycles. The summed E-state index contributed by atoms with van der Waals surface area (Å²) in [6, 6.07) is 4.33. The monoisotopic (exact) mass is 232 g/mol. The van der Waals surface area contributed by atoms with Gasteiger partial charge in [-0.25, -0.2) is 0 Å². The standard InChI is InChI=1S/C10H17ClN2S/c1-3-13(4-2)8(7-12)9-5-6-10(11)14-9/h5-6,8H,3-4,7,12H2,1-2H3. The largest absolute Gasteiger partial charge is 0.329 e. The molecule has 0 aliphatic carbocycles. The van der Waals surface area contributed by atoms with Gasteiger partial charge in [-0.3, -0.25) is 4.90 Å². The van der Waals surface area contributed by atoms with Crippen molar-refractivity contribution in [2.45, 2.75) is 19.9 Å². The number of halogens is 1. The number of nitrogens with two attached hydrogens (primary N) is 1. The molecule has 4 heteroatoms. The zero-order valence-corrected chi connectivity index (χ0v) is 10.2. The van der Waals surface area contributed by atoms with Gasteiger partial charge in [-0.2, -0.15) is 0 Å². The highest BCUT2D eigenvalue weighted by atomic mass is 35.5. The van der Waals surface area contributed by atoms with Crippen molar-refractivity contribution in [2.75, 3.05) is 19.6 Å². The lowest BCUT2D eigenvalue weighted by Crippen LogP contribution is -2.32. The zero-order valence-electron chi connectivity index (χ0n) is 8.66. The lowest BCUT2D eigenvalue weighted by Gasteiger charge is -2.27. The maximum atomic E-state index is 5.91. The fourth-order valence-corrected chi connectivity index (χ4v) is 2.83. The van der Waals surface area contributed by atoms with Crippen molar-refractivity contribution in [1.29, 1.82) is 0 Å². The van der Waals surface area contributed by atoms with E-state index in [2.05, 4.69) is 24.8 Å². The molecule has 0 fully saturated rings. The molecular formula is C10H17ClN2S. The van der Waals surface area contributed by atoms with Gasteiger partial charge in [0.05, 0.1) is 10.4 Å². The number of hydrogen-bond acceptors (Lipinski definition) is 3. The summed E-state index contributed by atoms with van der Waals surface area (Å²) >= 11 is 7.53. The van der Waals surface area contributed by atoms with E-state index in [-0.39, 0.29) is 0 Å². The van der Waals surface area contributed by atoms with Crippen LogP contribution in [0.2, 0.25) is 4.34 Å². The number of nitrogens with zero attached hydrogens (tertiary/aromatic N) is 1. The third kappa shape index (κ3) is 2.70. The van der Waals surface area contributed by atoms with Gasteiger partial charge >= 0.3 is 0 Å². The third-order valence-corrected chi connectivity index (χ3v) is 3.73. The first kappa shape index (κ1) is 12.0. The average Bonchev–Trinajstić information content (AvgIpc) is 2.60. The summed E-state index contributed by atoms with van der Waals surface area (Å²) in [6.07, 6.45) is 0. The fourth-order valence-electron chi connectivity index (χ4n) is 1.62. The summed E-state index contributed by atoms with van der Waals surface area (Å²) in [5, 5.41) is 0. The van der Waals surface area contributed by atoms with Crippen LogP contribution >= 0.6 is 22.9 Å². The Balaban J connectivity index is 2.80. The molecule has 2 nitrogen and oxygen atoms in total. The predicted octanol–water partition coefficient (Wildman–Crippen LogP) is 2.74. The van der Waals surface area contributed by atoms with Crippen LogP contribution in [0.3, 0.4) is 0 Å². The van der Waals surface area contributed by atoms with Gasteiger partial charge in [-0.1, -0.05) is 25.4 Å². The van der Waals surface area contributed by atoms with Crippen molar-refractivity contribution < 1.29 is 0 Å². The van der Waals surface area contributed by atoms with Crippen molar-refractivity contribution in [1.82, 2.24) is 4.90 Å². The smallest absolute Gasteiger partial charge is 0.0931 e. The first-order valence-corrected chi connectivity index (χ1v) is 6.11. The van der Waals surface area contributed by atoms with E-state index >= 15 is 0 Å². The highest BCUT2D eigenvalue weighted by Gasteiger charge is 2.17. The molecule has 0 saturated carbocycles. The molecule has 0 saturated heterocycles. The van der Waals surface area contributed by atoms with E-state index < -0.39 is 0 Å². The van der Waals surface area contributed by atoms with Gasteiger partial charge in [-0.05, 0) is 25.2 Å². The molecule has 1 atom stereocenters.